The highest BCUT2D eigenvalue weighted by molar-refractivity contribution is 8.00. The largest absolute Gasteiger partial charge is 0.461 e. The third kappa shape index (κ3) is 3.23. The van der Waals surface area contributed by atoms with Crippen LogP contribution in [0.1, 0.15) is 18.9 Å². The number of hydrogen-bond donors (Lipinski definition) is 0. The zero-order valence-corrected chi connectivity index (χ0v) is 16.9. The second-order valence-electron chi connectivity index (χ2n) is 6.36. The van der Waals surface area contributed by atoms with Crippen molar-refractivity contribution in [3.05, 3.63) is 78.4 Å². The fraction of sp³-hybridized carbons (Fsp3) is 0.136. The van der Waals surface area contributed by atoms with E-state index in [1.54, 1.807) is 31.2 Å². The summed E-state index contributed by atoms with van der Waals surface area (Å²) in [5.74, 6) is -0.230. The van der Waals surface area contributed by atoms with Crippen LogP contribution in [-0.2, 0) is 36.9 Å². The van der Waals surface area contributed by atoms with Crippen LogP contribution in [0, 0.1) is 0 Å². The molecule has 0 saturated heterocycles. The Hall–Kier alpha value is -2.57. The van der Waals surface area contributed by atoms with Crippen LogP contribution in [0.25, 0.3) is 0 Å². The molecule has 3 aromatic carbocycles. The molecule has 0 fully saturated rings. The van der Waals surface area contributed by atoms with Gasteiger partial charge in [-0.3, -0.25) is 4.79 Å². The fourth-order valence-electron chi connectivity index (χ4n) is 3.16. The SMILES string of the molecule is CCC(=O)OCc1ccc([S+]2c3ccccc3S(=O)(=O)c3ccccc32)cc1. The standard InChI is InChI=1S/C22H19O4S2/c1-2-22(23)26-15-16-11-13-17(14-12-16)27-18-7-3-5-9-20(18)28(24,25)21-10-6-4-8-19(21)27/h3-14H,2,15H2,1H3/q+1. The summed E-state index contributed by atoms with van der Waals surface area (Å²) in [4.78, 5) is 14.8. The van der Waals surface area contributed by atoms with E-state index in [0.717, 1.165) is 20.2 Å². The van der Waals surface area contributed by atoms with E-state index in [4.69, 9.17) is 4.74 Å². The third-order valence-electron chi connectivity index (χ3n) is 4.56. The third-order valence-corrected chi connectivity index (χ3v) is 9.03. The lowest BCUT2D eigenvalue weighted by Crippen LogP contribution is -2.20. The molecule has 1 aliphatic rings. The van der Waals surface area contributed by atoms with Crippen molar-refractivity contribution < 1.29 is 17.9 Å². The van der Waals surface area contributed by atoms with E-state index in [-0.39, 0.29) is 12.6 Å². The van der Waals surface area contributed by atoms with Crippen LogP contribution < -0.4 is 0 Å². The van der Waals surface area contributed by atoms with Gasteiger partial charge < -0.3 is 4.74 Å². The van der Waals surface area contributed by atoms with E-state index in [1.807, 2.05) is 48.5 Å². The Balaban J connectivity index is 1.77. The Morgan fingerprint density at radius 1 is 0.857 bits per heavy atom. The molecule has 0 aliphatic carbocycles. The van der Waals surface area contributed by atoms with Gasteiger partial charge in [0.05, 0.1) is 0 Å². The Morgan fingerprint density at radius 3 is 1.93 bits per heavy atom. The lowest BCUT2D eigenvalue weighted by molar-refractivity contribution is -0.144. The Morgan fingerprint density at radius 2 is 1.39 bits per heavy atom. The number of sulfone groups is 1. The van der Waals surface area contributed by atoms with Gasteiger partial charge in [-0.25, -0.2) is 8.42 Å². The normalized spacial score (nSPS) is 14.8. The number of rotatable bonds is 4. The highest BCUT2D eigenvalue weighted by atomic mass is 32.2. The number of esters is 1. The predicted molar refractivity (Wildman–Crippen MR) is 107 cm³/mol. The molecule has 0 spiro atoms. The highest BCUT2D eigenvalue weighted by Crippen LogP contribution is 2.44. The summed E-state index contributed by atoms with van der Waals surface area (Å²) in [6, 6.07) is 22.3. The molecule has 0 N–H and O–H groups in total. The zero-order valence-electron chi connectivity index (χ0n) is 15.3. The van der Waals surface area contributed by atoms with E-state index in [0.29, 0.717) is 16.2 Å². The number of benzene rings is 3. The molecule has 1 aliphatic heterocycles. The molecule has 142 valence electrons. The Bertz CT molecular complexity index is 1080. The van der Waals surface area contributed by atoms with Crippen molar-refractivity contribution in [3.8, 4) is 0 Å². The summed E-state index contributed by atoms with van der Waals surface area (Å²) < 4.78 is 31.3. The van der Waals surface area contributed by atoms with Gasteiger partial charge in [0.1, 0.15) is 27.3 Å². The molecule has 3 aromatic rings. The number of carbonyl (C=O) groups is 1. The van der Waals surface area contributed by atoms with Gasteiger partial charge in [0, 0.05) is 6.42 Å². The van der Waals surface area contributed by atoms with Crippen LogP contribution in [0.4, 0.5) is 0 Å². The van der Waals surface area contributed by atoms with Crippen LogP contribution in [0.15, 0.2) is 97.3 Å². The van der Waals surface area contributed by atoms with E-state index in [1.165, 1.54) is 0 Å². The number of ether oxygens (including phenoxy) is 1. The van der Waals surface area contributed by atoms with Gasteiger partial charge in [-0.15, -0.1) is 0 Å². The molecule has 0 radical (unpaired) electrons. The zero-order chi connectivity index (χ0) is 19.7. The van der Waals surface area contributed by atoms with Crippen LogP contribution in [0.3, 0.4) is 0 Å². The number of carbonyl (C=O) groups excluding carboxylic acids is 1. The van der Waals surface area contributed by atoms with Gasteiger partial charge in [-0.05, 0) is 42.0 Å². The van der Waals surface area contributed by atoms with Crippen LogP contribution in [-0.4, -0.2) is 14.4 Å². The molecule has 4 nitrogen and oxygen atoms in total. The molecule has 6 heteroatoms. The van der Waals surface area contributed by atoms with Gasteiger partial charge in [0.2, 0.25) is 9.84 Å². The summed E-state index contributed by atoms with van der Waals surface area (Å²) in [7, 11) is -4.04. The quantitative estimate of drug-likeness (QED) is 0.369. The molecule has 4 rings (SSSR count). The van der Waals surface area contributed by atoms with Crippen molar-refractivity contribution in [2.75, 3.05) is 0 Å². The first kappa shape index (κ1) is 18.8. The van der Waals surface area contributed by atoms with Crippen molar-refractivity contribution in [2.45, 2.75) is 44.4 Å². The maximum atomic E-state index is 13.1. The van der Waals surface area contributed by atoms with Crippen LogP contribution >= 0.6 is 0 Å². The van der Waals surface area contributed by atoms with Gasteiger partial charge in [0.25, 0.3) is 0 Å². The average molecular weight is 412 g/mol. The molecular weight excluding hydrogens is 392 g/mol. The summed E-state index contributed by atoms with van der Waals surface area (Å²) in [5.41, 5.74) is 0.903. The molecule has 0 amide bonds. The van der Waals surface area contributed by atoms with E-state index in [2.05, 4.69) is 0 Å². The maximum absolute atomic E-state index is 13.1. The first-order chi connectivity index (χ1) is 13.5. The topological polar surface area (TPSA) is 60.4 Å². The fourth-order valence-corrected chi connectivity index (χ4v) is 7.86. The smallest absolute Gasteiger partial charge is 0.305 e. The molecule has 1 heterocycles. The first-order valence-corrected chi connectivity index (χ1v) is 11.6. The molecule has 0 atom stereocenters. The lowest BCUT2D eigenvalue weighted by atomic mass is 10.2. The van der Waals surface area contributed by atoms with Crippen molar-refractivity contribution in [1.82, 2.24) is 0 Å². The number of hydrogen-bond acceptors (Lipinski definition) is 4. The van der Waals surface area contributed by atoms with Crippen molar-refractivity contribution in [3.63, 3.8) is 0 Å². The molecular formula is C22H19O4S2+. The monoisotopic (exact) mass is 411 g/mol. The predicted octanol–water partition coefficient (Wildman–Crippen LogP) is 4.38. The van der Waals surface area contributed by atoms with Crippen LogP contribution in [0.5, 0.6) is 0 Å². The summed E-state index contributed by atoms with van der Waals surface area (Å²) >= 11 is 0. The summed E-state index contributed by atoms with van der Waals surface area (Å²) in [6.45, 7) is 2.00. The number of fused-ring (bicyclic) bond motifs is 2. The van der Waals surface area contributed by atoms with Gasteiger partial charge >= 0.3 is 5.97 Å². The Kier molecular flexibility index (Phi) is 5.00. The van der Waals surface area contributed by atoms with E-state index < -0.39 is 20.7 Å². The Labute approximate surface area is 167 Å². The molecule has 0 aromatic heterocycles. The molecule has 28 heavy (non-hydrogen) atoms. The summed E-state index contributed by atoms with van der Waals surface area (Å²) in [5, 5.41) is 0. The minimum absolute atomic E-state index is 0.230. The first-order valence-electron chi connectivity index (χ1n) is 8.94. The minimum Gasteiger partial charge on any atom is -0.461 e. The van der Waals surface area contributed by atoms with Crippen molar-refractivity contribution in [1.29, 1.82) is 0 Å². The lowest BCUT2D eigenvalue weighted by Gasteiger charge is -2.19. The van der Waals surface area contributed by atoms with Gasteiger partial charge in [-0.1, -0.05) is 43.3 Å². The van der Waals surface area contributed by atoms with Crippen molar-refractivity contribution in [2.24, 2.45) is 0 Å². The van der Waals surface area contributed by atoms with Gasteiger partial charge in [-0.2, -0.15) is 0 Å². The highest BCUT2D eigenvalue weighted by Gasteiger charge is 2.44. The minimum atomic E-state index is -3.52. The molecule has 0 unspecified atom stereocenters. The second kappa shape index (κ2) is 7.45. The van der Waals surface area contributed by atoms with Crippen molar-refractivity contribution >= 4 is 26.7 Å². The van der Waals surface area contributed by atoms with Gasteiger partial charge in [0.15, 0.2) is 14.7 Å². The van der Waals surface area contributed by atoms with E-state index >= 15 is 0 Å². The molecule has 0 bridgehead atoms. The summed E-state index contributed by atoms with van der Waals surface area (Å²) in [6.07, 6.45) is 0.351. The molecule has 0 saturated carbocycles. The maximum Gasteiger partial charge on any atom is 0.305 e. The van der Waals surface area contributed by atoms with Crippen LogP contribution in [0.2, 0.25) is 0 Å². The second-order valence-corrected chi connectivity index (χ2v) is 10.2. The van der Waals surface area contributed by atoms with E-state index in [9.17, 15) is 13.2 Å². The average Bonchev–Trinajstić information content (AvgIpc) is 2.73.